The first-order chi connectivity index (χ1) is 8.99. The molecule has 0 N–H and O–H groups in total. The lowest BCUT2D eigenvalue weighted by Crippen LogP contribution is -1.96. The number of rotatable bonds is 3. The van der Waals surface area contributed by atoms with Crippen LogP contribution in [-0.2, 0) is 0 Å². The van der Waals surface area contributed by atoms with Crippen LogP contribution in [0.15, 0.2) is 36.4 Å². The lowest BCUT2D eigenvalue weighted by Gasteiger charge is -2.12. The molecule has 0 unspecified atom stereocenters. The van der Waals surface area contributed by atoms with E-state index in [0.29, 0.717) is 5.75 Å². The molecule has 98 valence electrons. The third-order valence-electron chi connectivity index (χ3n) is 2.93. The van der Waals surface area contributed by atoms with Crippen molar-refractivity contribution in [3.8, 4) is 11.5 Å². The average molecular weight is 257 g/mol. The van der Waals surface area contributed by atoms with Gasteiger partial charge >= 0.3 is 5.69 Å². The topological polar surface area (TPSA) is 52.4 Å². The molecule has 0 saturated carbocycles. The Morgan fingerprint density at radius 3 is 2.26 bits per heavy atom. The van der Waals surface area contributed by atoms with Crippen LogP contribution in [0.1, 0.15) is 16.7 Å². The molecule has 2 aromatic rings. The van der Waals surface area contributed by atoms with E-state index in [1.165, 1.54) is 6.07 Å². The second-order valence-electron chi connectivity index (χ2n) is 4.55. The van der Waals surface area contributed by atoms with Gasteiger partial charge in [0.25, 0.3) is 0 Å². The first kappa shape index (κ1) is 13.1. The van der Waals surface area contributed by atoms with E-state index >= 15 is 0 Å². The minimum absolute atomic E-state index is 0.0201. The van der Waals surface area contributed by atoms with Crippen molar-refractivity contribution in [2.45, 2.75) is 20.8 Å². The quantitative estimate of drug-likeness (QED) is 0.608. The van der Waals surface area contributed by atoms with Gasteiger partial charge in [0.1, 0.15) is 5.75 Å². The Bertz CT molecular complexity index is 615. The number of hydrogen-bond donors (Lipinski definition) is 0. The van der Waals surface area contributed by atoms with Gasteiger partial charge < -0.3 is 4.74 Å². The van der Waals surface area contributed by atoms with Gasteiger partial charge in [-0.1, -0.05) is 24.3 Å². The van der Waals surface area contributed by atoms with Crippen LogP contribution >= 0.6 is 0 Å². The van der Waals surface area contributed by atoms with Crippen LogP contribution < -0.4 is 4.74 Å². The van der Waals surface area contributed by atoms with E-state index in [-0.39, 0.29) is 11.4 Å². The van der Waals surface area contributed by atoms with Gasteiger partial charge in [-0.25, -0.2) is 0 Å². The van der Waals surface area contributed by atoms with Gasteiger partial charge in [0.05, 0.1) is 4.92 Å². The molecule has 4 heteroatoms. The van der Waals surface area contributed by atoms with Crippen molar-refractivity contribution in [1.82, 2.24) is 0 Å². The maximum atomic E-state index is 11.0. The summed E-state index contributed by atoms with van der Waals surface area (Å²) in [7, 11) is 0. The van der Waals surface area contributed by atoms with Crippen molar-refractivity contribution in [3.05, 3.63) is 63.2 Å². The zero-order chi connectivity index (χ0) is 14.0. The van der Waals surface area contributed by atoms with Crippen LogP contribution in [0.25, 0.3) is 0 Å². The fraction of sp³-hybridized carbons (Fsp3) is 0.200. The van der Waals surface area contributed by atoms with Crippen LogP contribution in [0.2, 0.25) is 0 Å². The first-order valence-corrected chi connectivity index (χ1v) is 5.98. The zero-order valence-electron chi connectivity index (χ0n) is 11.1. The molecule has 2 rings (SSSR count). The van der Waals surface area contributed by atoms with Crippen molar-refractivity contribution in [2.24, 2.45) is 0 Å². The highest BCUT2D eigenvalue weighted by Crippen LogP contribution is 2.35. The Morgan fingerprint density at radius 1 is 1.05 bits per heavy atom. The van der Waals surface area contributed by atoms with Crippen LogP contribution in [0, 0.1) is 30.9 Å². The van der Waals surface area contributed by atoms with E-state index in [4.69, 9.17) is 4.74 Å². The fourth-order valence-corrected chi connectivity index (χ4v) is 1.92. The van der Waals surface area contributed by atoms with Gasteiger partial charge in [0.2, 0.25) is 5.75 Å². The largest absolute Gasteiger partial charge is 0.450 e. The van der Waals surface area contributed by atoms with Crippen LogP contribution in [0.4, 0.5) is 5.69 Å². The molecular weight excluding hydrogens is 242 g/mol. The standard InChI is InChI=1S/C15H15NO3/c1-10-7-8-13(16(17)18)14(9-10)19-15-11(2)5-4-6-12(15)3/h4-9H,1-3H3. The summed E-state index contributed by atoms with van der Waals surface area (Å²) in [4.78, 5) is 10.6. The third-order valence-corrected chi connectivity index (χ3v) is 2.93. The normalized spacial score (nSPS) is 10.3. The van der Waals surface area contributed by atoms with Crippen molar-refractivity contribution in [1.29, 1.82) is 0 Å². The van der Waals surface area contributed by atoms with Crippen molar-refractivity contribution < 1.29 is 9.66 Å². The first-order valence-electron chi connectivity index (χ1n) is 5.98. The minimum Gasteiger partial charge on any atom is -0.450 e. The van der Waals surface area contributed by atoms with E-state index in [2.05, 4.69) is 0 Å². The summed E-state index contributed by atoms with van der Waals surface area (Å²) in [5.41, 5.74) is 2.81. The fourth-order valence-electron chi connectivity index (χ4n) is 1.92. The number of hydrogen-bond acceptors (Lipinski definition) is 3. The van der Waals surface area contributed by atoms with Crippen molar-refractivity contribution >= 4 is 5.69 Å². The maximum absolute atomic E-state index is 11.0. The zero-order valence-corrected chi connectivity index (χ0v) is 11.1. The Balaban J connectivity index is 2.49. The summed E-state index contributed by atoms with van der Waals surface area (Å²) >= 11 is 0. The number of aryl methyl sites for hydroxylation is 3. The van der Waals surface area contributed by atoms with Gasteiger partial charge in [0.15, 0.2) is 0 Å². The minimum atomic E-state index is -0.428. The summed E-state index contributed by atoms with van der Waals surface area (Å²) in [5.74, 6) is 0.957. The molecule has 19 heavy (non-hydrogen) atoms. The number of ether oxygens (including phenoxy) is 1. The van der Waals surface area contributed by atoms with Gasteiger partial charge in [-0.05, 0) is 43.5 Å². The molecule has 2 aromatic carbocycles. The average Bonchev–Trinajstić information content (AvgIpc) is 2.33. The predicted octanol–water partition coefficient (Wildman–Crippen LogP) is 4.31. The highest BCUT2D eigenvalue weighted by molar-refractivity contribution is 5.52. The summed E-state index contributed by atoms with van der Waals surface area (Å²) in [5, 5.41) is 11.0. The number of para-hydroxylation sites is 1. The van der Waals surface area contributed by atoms with Crippen LogP contribution in [-0.4, -0.2) is 4.92 Å². The molecule has 0 heterocycles. The Morgan fingerprint density at radius 2 is 1.68 bits per heavy atom. The lowest BCUT2D eigenvalue weighted by molar-refractivity contribution is -0.385. The highest BCUT2D eigenvalue weighted by atomic mass is 16.6. The smallest absolute Gasteiger partial charge is 0.311 e. The Kier molecular flexibility index (Phi) is 3.51. The second kappa shape index (κ2) is 5.10. The molecule has 0 aromatic heterocycles. The monoisotopic (exact) mass is 257 g/mol. The number of nitrogens with zero attached hydrogens (tertiary/aromatic N) is 1. The molecule has 0 aliphatic carbocycles. The molecule has 0 amide bonds. The highest BCUT2D eigenvalue weighted by Gasteiger charge is 2.17. The van der Waals surface area contributed by atoms with E-state index in [0.717, 1.165) is 16.7 Å². The molecule has 0 spiro atoms. The van der Waals surface area contributed by atoms with Crippen LogP contribution in [0.3, 0.4) is 0 Å². The number of benzene rings is 2. The Labute approximate surface area is 111 Å². The molecule has 0 radical (unpaired) electrons. The molecule has 0 atom stereocenters. The summed E-state index contributed by atoms with van der Waals surface area (Å²) in [6, 6.07) is 10.6. The molecule has 0 saturated heterocycles. The maximum Gasteiger partial charge on any atom is 0.311 e. The SMILES string of the molecule is Cc1ccc([N+](=O)[O-])c(Oc2c(C)cccc2C)c1. The van der Waals surface area contributed by atoms with E-state index in [1.54, 1.807) is 12.1 Å². The predicted molar refractivity (Wildman–Crippen MR) is 73.8 cm³/mol. The summed E-state index contributed by atoms with van der Waals surface area (Å²) in [6.45, 7) is 5.72. The second-order valence-corrected chi connectivity index (χ2v) is 4.55. The van der Waals surface area contributed by atoms with Gasteiger partial charge in [-0.2, -0.15) is 0 Å². The van der Waals surface area contributed by atoms with Gasteiger partial charge in [-0.3, -0.25) is 10.1 Å². The van der Waals surface area contributed by atoms with Crippen molar-refractivity contribution in [3.63, 3.8) is 0 Å². The van der Waals surface area contributed by atoms with Crippen LogP contribution in [0.5, 0.6) is 11.5 Å². The molecule has 4 nitrogen and oxygen atoms in total. The molecule has 0 fully saturated rings. The summed E-state index contributed by atoms with van der Waals surface area (Å²) in [6.07, 6.45) is 0. The lowest BCUT2D eigenvalue weighted by atomic mass is 10.1. The Hall–Kier alpha value is -2.36. The van der Waals surface area contributed by atoms with Gasteiger partial charge in [0, 0.05) is 6.07 Å². The molecule has 0 bridgehead atoms. The van der Waals surface area contributed by atoms with E-state index in [9.17, 15) is 10.1 Å². The van der Waals surface area contributed by atoms with Gasteiger partial charge in [-0.15, -0.1) is 0 Å². The molecular formula is C15H15NO3. The molecule has 0 aliphatic rings. The third kappa shape index (κ3) is 2.73. The number of nitro benzene ring substituents is 1. The van der Waals surface area contributed by atoms with E-state index in [1.807, 2.05) is 39.0 Å². The number of nitro groups is 1. The summed E-state index contributed by atoms with van der Waals surface area (Å²) < 4.78 is 5.77. The van der Waals surface area contributed by atoms with E-state index < -0.39 is 4.92 Å². The molecule has 0 aliphatic heterocycles. The van der Waals surface area contributed by atoms with Crippen molar-refractivity contribution in [2.75, 3.05) is 0 Å².